The fourth-order valence-electron chi connectivity index (χ4n) is 3.37. The van der Waals surface area contributed by atoms with Crippen LogP contribution < -0.4 is 20.1 Å². The standard InChI is InChI=1S/C23H29N3O7S/c27-22(25-16-21(23(28)29)26-34(30,31)20-4-2-1-3-5-20)17-6-8-18(9-7-17)32-14-15-33-19-10-12-24-13-11-19/h1-9,19,21,24,26H,10-16H2,(H,25,27)(H,28,29). The number of carboxylic acid groups (broad SMARTS) is 1. The molecule has 2 aromatic carbocycles. The molecule has 1 atom stereocenters. The molecule has 10 nitrogen and oxygen atoms in total. The molecule has 1 saturated heterocycles. The molecule has 1 amide bonds. The maximum Gasteiger partial charge on any atom is 0.323 e. The van der Waals surface area contributed by atoms with Crippen molar-refractivity contribution in [3.05, 3.63) is 60.2 Å². The predicted octanol–water partition coefficient (Wildman–Crippen LogP) is 0.996. The van der Waals surface area contributed by atoms with Crippen LogP contribution in [0.3, 0.4) is 0 Å². The van der Waals surface area contributed by atoms with Crippen molar-refractivity contribution in [1.82, 2.24) is 15.4 Å². The van der Waals surface area contributed by atoms with E-state index < -0.39 is 34.5 Å². The minimum Gasteiger partial charge on any atom is -0.491 e. The van der Waals surface area contributed by atoms with E-state index in [1.54, 1.807) is 30.3 Å². The van der Waals surface area contributed by atoms with E-state index in [4.69, 9.17) is 9.47 Å². The monoisotopic (exact) mass is 491 g/mol. The van der Waals surface area contributed by atoms with Crippen LogP contribution in [0.4, 0.5) is 0 Å². The number of rotatable bonds is 12. The van der Waals surface area contributed by atoms with E-state index in [-0.39, 0.29) is 16.6 Å². The summed E-state index contributed by atoms with van der Waals surface area (Å²) in [5.41, 5.74) is 0.286. The molecule has 0 radical (unpaired) electrons. The third kappa shape index (κ3) is 7.80. The number of carbonyl (C=O) groups is 2. The van der Waals surface area contributed by atoms with Gasteiger partial charge in [0.05, 0.1) is 17.6 Å². The van der Waals surface area contributed by atoms with Crippen molar-refractivity contribution >= 4 is 21.9 Å². The zero-order valence-electron chi connectivity index (χ0n) is 18.6. The summed E-state index contributed by atoms with van der Waals surface area (Å²) >= 11 is 0. The van der Waals surface area contributed by atoms with Crippen LogP contribution in [0.5, 0.6) is 5.75 Å². The number of carbonyl (C=O) groups excluding carboxylic acids is 1. The second kappa shape index (κ2) is 12.5. The van der Waals surface area contributed by atoms with Gasteiger partial charge in [0.2, 0.25) is 10.0 Å². The number of carboxylic acids is 1. The zero-order chi connectivity index (χ0) is 24.4. The summed E-state index contributed by atoms with van der Waals surface area (Å²) in [6.45, 7) is 2.36. The minimum atomic E-state index is -4.05. The lowest BCUT2D eigenvalue weighted by molar-refractivity contribution is -0.138. The van der Waals surface area contributed by atoms with Gasteiger partial charge in [-0.2, -0.15) is 4.72 Å². The SMILES string of the molecule is O=C(NCC(NS(=O)(=O)c1ccccc1)C(=O)O)c1ccc(OCCOC2CCNCC2)cc1. The molecule has 1 fully saturated rings. The highest BCUT2D eigenvalue weighted by Gasteiger charge is 2.26. The number of benzene rings is 2. The Kier molecular flexibility index (Phi) is 9.40. The second-order valence-electron chi connectivity index (χ2n) is 7.73. The average Bonchev–Trinajstić information content (AvgIpc) is 2.85. The minimum absolute atomic E-state index is 0.0654. The van der Waals surface area contributed by atoms with Gasteiger partial charge in [-0.3, -0.25) is 9.59 Å². The Bertz CT molecular complexity index is 1040. The Morgan fingerprint density at radius 2 is 1.71 bits per heavy atom. The van der Waals surface area contributed by atoms with Crippen LogP contribution >= 0.6 is 0 Å². The summed E-state index contributed by atoms with van der Waals surface area (Å²) in [5, 5.41) is 15.1. The van der Waals surface area contributed by atoms with Crippen LogP contribution in [-0.4, -0.2) is 70.4 Å². The van der Waals surface area contributed by atoms with Crippen molar-refractivity contribution in [3.8, 4) is 5.75 Å². The van der Waals surface area contributed by atoms with Crippen LogP contribution in [0.1, 0.15) is 23.2 Å². The molecule has 1 aliphatic rings. The van der Waals surface area contributed by atoms with Crippen LogP contribution in [0.25, 0.3) is 0 Å². The van der Waals surface area contributed by atoms with E-state index in [2.05, 4.69) is 15.4 Å². The van der Waals surface area contributed by atoms with Gasteiger partial charge in [-0.05, 0) is 62.3 Å². The van der Waals surface area contributed by atoms with E-state index in [1.165, 1.54) is 24.3 Å². The van der Waals surface area contributed by atoms with E-state index in [0.29, 0.717) is 19.0 Å². The number of ether oxygens (including phenoxy) is 2. The topological polar surface area (TPSA) is 143 Å². The van der Waals surface area contributed by atoms with Gasteiger partial charge in [0, 0.05) is 12.1 Å². The van der Waals surface area contributed by atoms with E-state index in [1.807, 2.05) is 0 Å². The summed E-state index contributed by atoms with van der Waals surface area (Å²) in [7, 11) is -4.05. The molecule has 1 unspecified atom stereocenters. The van der Waals surface area contributed by atoms with Crippen molar-refractivity contribution in [2.75, 3.05) is 32.8 Å². The van der Waals surface area contributed by atoms with Gasteiger partial charge >= 0.3 is 5.97 Å². The van der Waals surface area contributed by atoms with Crippen LogP contribution in [0, 0.1) is 0 Å². The summed E-state index contributed by atoms with van der Waals surface area (Å²) in [6.07, 6.45) is 2.23. The lowest BCUT2D eigenvalue weighted by Crippen LogP contribution is -2.48. The summed E-state index contributed by atoms with van der Waals surface area (Å²) < 4.78 is 38.3. The molecule has 1 aliphatic heterocycles. The molecule has 0 spiro atoms. The molecule has 1 heterocycles. The maximum atomic E-state index is 12.4. The molecule has 11 heteroatoms. The number of hydrogen-bond donors (Lipinski definition) is 4. The first-order valence-electron chi connectivity index (χ1n) is 11.0. The number of aliphatic carboxylic acids is 1. The highest BCUT2D eigenvalue weighted by molar-refractivity contribution is 7.89. The maximum absolute atomic E-state index is 12.4. The Morgan fingerprint density at radius 1 is 1.03 bits per heavy atom. The van der Waals surface area contributed by atoms with Gasteiger partial charge in [-0.1, -0.05) is 18.2 Å². The fraction of sp³-hybridized carbons (Fsp3) is 0.391. The smallest absolute Gasteiger partial charge is 0.323 e. The van der Waals surface area contributed by atoms with E-state index in [0.717, 1.165) is 25.9 Å². The molecule has 184 valence electrons. The fourth-order valence-corrected chi connectivity index (χ4v) is 4.58. The van der Waals surface area contributed by atoms with E-state index in [9.17, 15) is 23.1 Å². The average molecular weight is 492 g/mol. The molecular formula is C23H29N3O7S. The van der Waals surface area contributed by atoms with Crippen molar-refractivity contribution in [2.24, 2.45) is 0 Å². The highest BCUT2D eigenvalue weighted by atomic mass is 32.2. The number of sulfonamides is 1. The van der Waals surface area contributed by atoms with Gasteiger partial charge in [-0.25, -0.2) is 8.42 Å². The Labute approximate surface area is 198 Å². The summed E-state index contributed by atoms with van der Waals surface area (Å²) in [5.74, 6) is -1.37. The Morgan fingerprint density at radius 3 is 2.35 bits per heavy atom. The Hall–Kier alpha value is -2.99. The molecular weight excluding hydrogens is 462 g/mol. The number of piperidine rings is 1. The van der Waals surface area contributed by atoms with Crippen LogP contribution in [-0.2, 0) is 19.6 Å². The lowest BCUT2D eigenvalue weighted by atomic mass is 10.1. The Balaban J connectivity index is 1.45. The lowest BCUT2D eigenvalue weighted by Gasteiger charge is -2.22. The quantitative estimate of drug-likeness (QED) is 0.322. The van der Waals surface area contributed by atoms with Crippen LogP contribution in [0.2, 0.25) is 0 Å². The molecule has 0 saturated carbocycles. The molecule has 0 aromatic heterocycles. The van der Waals surface area contributed by atoms with Crippen molar-refractivity contribution in [2.45, 2.75) is 29.9 Å². The van der Waals surface area contributed by atoms with Gasteiger partial charge < -0.3 is 25.2 Å². The van der Waals surface area contributed by atoms with Gasteiger partial charge in [0.1, 0.15) is 18.4 Å². The largest absolute Gasteiger partial charge is 0.491 e. The normalized spacial score (nSPS) is 15.4. The van der Waals surface area contributed by atoms with E-state index >= 15 is 0 Å². The number of amides is 1. The first-order chi connectivity index (χ1) is 16.3. The van der Waals surface area contributed by atoms with Crippen LogP contribution in [0.15, 0.2) is 59.5 Å². The van der Waals surface area contributed by atoms with Crippen molar-refractivity contribution < 1.29 is 32.6 Å². The van der Waals surface area contributed by atoms with Gasteiger partial charge in [0.15, 0.2) is 0 Å². The molecule has 0 bridgehead atoms. The number of hydrogen-bond acceptors (Lipinski definition) is 7. The molecule has 34 heavy (non-hydrogen) atoms. The van der Waals surface area contributed by atoms with Gasteiger partial charge in [-0.15, -0.1) is 0 Å². The second-order valence-corrected chi connectivity index (χ2v) is 9.44. The van der Waals surface area contributed by atoms with Crippen molar-refractivity contribution in [3.63, 3.8) is 0 Å². The third-order valence-corrected chi connectivity index (χ3v) is 6.71. The summed E-state index contributed by atoms with van der Waals surface area (Å²) in [6, 6.07) is 12.2. The molecule has 0 aliphatic carbocycles. The predicted molar refractivity (Wildman–Crippen MR) is 124 cm³/mol. The molecule has 3 rings (SSSR count). The molecule has 4 N–H and O–H groups in total. The van der Waals surface area contributed by atoms with Gasteiger partial charge in [0.25, 0.3) is 5.91 Å². The third-order valence-electron chi connectivity index (χ3n) is 5.22. The highest BCUT2D eigenvalue weighted by Crippen LogP contribution is 2.13. The summed E-state index contributed by atoms with van der Waals surface area (Å²) in [4.78, 5) is 23.9. The first kappa shape index (κ1) is 25.6. The zero-order valence-corrected chi connectivity index (χ0v) is 19.4. The molecule has 2 aromatic rings. The first-order valence-corrected chi connectivity index (χ1v) is 12.5. The van der Waals surface area contributed by atoms with Crippen molar-refractivity contribution in [1.29, 1.82) is 0 Å². The number of nitrogens with one attached hydrogen (secondary N) is 3.